The molecule has 0 aromatic heterocycles. The first-order valence-corrected chi connectivity index (χ1v) is 6.19. The van der Waals surface area contributed by atoms with Crippen LogP contribution in [0.15, 0.2) is 6.07 Å². The zero-order valence-electron chi connectivity index (χ0n) is 10.4. The van der Waals surface area contributed by atoms with Gasteiger partial charge in [0.2, 0.25) is 0 Å². The molecular weight excluding hydrogens is 238 g/mol. The number of rotatable bonds is 2. The fraction of sp³-hybridized carbons (Fsp3) is 0.538. The molecule has 0 spiro atoms. The van der Waals surface area contributed by atoms with E-state index in [9.17, 15) is 5.11 Å². The fourth-order valence-corrected chi connectivity index (χ4v) is 3.25. The summed E-state index contributed by atoms with van der Waals surface area (Å²) in [6, 6.07) is 1.71. The number of hydrogen-bond acceptors (Lipinski definition) is 3. The summed E-state index contributed by atoms with van der Waals surface area (Å²) in [7, 11) is 1.52. The van der Waals surface area contributed by atoms with E-state index < -0.39 is 0 Å². The van der Waals surface area contributed by atoms with E-state index >= 15 is 0 Å². The molecule has 1 aliphatic heterocycles. The Morgan fingerprint density at radius 1 is 1.53 bits per heavy atom. The Morgan fingerprint density at radius 2 is 2.24 bits per heavy atom. The Labute approximate surface area is 107 Å². The van der Waals surface area contributed by atoms with Crippen molar-refractivity contribution in [2.75, 3.05) is 13.7 Å². The Hall–Kier alpha value is -0.930. The van der Waals surface area contributed by atoms with E-state index in [0.717, 1.165) is 30.5 Å². The second kappa shape index (κ2) is 4.39. The van der Waals surface area contributed by atoms with Crippen molar-refractivity contribution in [2.45, 2.75) is 32.2 Å². The van der Waals surface area contributed by atoms with Gasteiger partial charge in [0.25, 0.3) is 0 Å². The molecule has 3 nitrogen and oxygen atoms in total. The maximum Gasteiger partial charge on any atom is 0.179 e. The lowest BCUT2D eigenvalue weighted by Crippen LogP contribution is -2.34. The molecule has 1 atom stereocenters. The summed E-state index contributed by atoms with van der Waals surface area (Å²) in [5, 5.41) is 13.8. The standard InChI is InChI=1S/C13H18ClNO2/c1-8-7-9(16)12(17-3)11(14)10(8)13(2)5-4-6-15-13/h7,15-16H,4-6H2,1-3H3. The summed E-state index contributed by atoms with van der Waals surface area (Å²) in [5.74, 6) is 0.461. The van der Waals surface area contributed by atoms with E-state index in [1.165, 1.54) is 7.11 Å². The van der Waals surface area contributed by atoms with Gasteiger partial charge in [-0.05, 0) is 50.4 Å². The predicted octanol–water partition coefficient (Wildman–Crippen LogP) is 2.96. The molecule has 0 bridgehead atoms. The van der Waals surface area contributed by atoms with Crippen LogP contribution in [0.1, 0.15) is 30.9 Å². The second-order valence-corrected chi connectivity index (χ2v) is 5.18. The van der Waals surface area contributed by atoms with E-state index in [-0.39, 0.29) is 11.3 Å². The van der Waals surface area contributed by atoms with Crippen LogP contribution in [0, 0.1) is 6.92 Å². The van der Waals surface area contributed by atoms with Crippen LogP contribution in [0.5, 0.6) is 11.5 Å². The molecule has 1 heterocycles. The van der Waals surface area contributed by atoms with E-state index in [4.69, 9.17) is 16.3 Å². The van der Waals surface area contributed by atoms with E-state index in [2.05, 4.69) is 12.2 Å². The van der Waals surface area contributed by atoms with Gasteiger partial charge in [-0.2, -0.15) is 0 Å². The number of nitrogens with one attached hydrogen (secondary N) is 1. The Bertz CT molecular complexity index is 440. The summed E-state index contributed by atoms with van der Waals surface area (Å²) in [6.07, 6.45) is 2.18. The molecule has 94 valence electrons. The first-order valence-electron chi connectivity index (χ1n) is 5.81. The topological polar surface area (TPSA) is 41.5 Å². The number of methoxy groups -OCH3 is 1. The summed E-state index contributed by atoms with van der Waals surface area (Å²) in [4.78, 5) is 0. The van der Waals surface area contributed by atoms with Crippen LogP contribution in [0.3, 0.4) is 0 Å². The molecule has 2 rings (SSSR count). The first-order chi connectivity index (χ1) is 7.99. The second-order valence-electron chi connectivity index (χ2n) is 4.80. The monoisotopic (exact) mass is 255 g/mol. The third-order valence-corrected chi connectivity index (χ3v) is 3.88. The molecule has 1 unspecified atom stereocenters. The first kappa shape index (κ1) is 12.5. The minimum Gasteiger partial charge on any atom is -0.504 e. The molecule has 17 heavy (non-hydrogen) atoms. The fourth-order valence-electron chi connectivity index (χ4n) is 2.72. The Balaban J connectivity index is 2.60. The predicted molar refractivity (Wildman–Crippen MR) is 69.0 cm³/mol. The average Bonchev–Trinajstić information content (AvgIpc) is 2.65. The van der Waals surface area contributed by atoms with Crippen LogP contribution in [-0.2, 0) is 5.54 Å². The molecule has 1 fully saturated rings. The molecule has 0 radical (unpaired) electrons. The Morgan fingerprint density at radius 3 is 2.76 bits per heavy atom. The van der Waals surface area contributed by atoms with Crippen molar-refractivity contribution in [3.63, 3.8) is 0 Å². The molecule has 1 aromatic rings. The molecule has 1 aromatic carbocycles. The highest BCUT2D eigenvalue weighted by Gasteiger charge is 2.35. The van der Waals surface area contributed by atoms with Crippen molar-refractivity contribution in [1.82, 2.24) is 5.32 Å². The van der Waals surface area contributed by atoms with Crippen LogP contribution in [0.25, 0.3) is 0 Å². The largest absolute Gasteiger partial charge is 0.504 e. The van der Waals surface area contributed by atoms with Gasteiger partial charge < -0.3 is 15.2 Å². The van der Waals surface area contributed by atoms with Crippen molar-refractivity contribution in [3.05, 3.63) is 22.2 Å². The molecule has 0 aliphatic carbocycles. The summed E-state index contributed by atoms with van der Waals surface area (Å²) in [6.45, 7) is 5.10. The van der Waals surface area contributed by atoms with Crippen LogP contribution >= 0.6 is 11.6 Å². The summed E-state index contributed by atoms with van der Waals surface area (Å²) < 4.78 is 5.17. The lowest BCUT2D eigenvalue weighted by molar-refractivity contribution is 0.368. The number of phenols is 1. The highest BCUT2D eigenvalue weighted by molar-refractivity contribution is 6.33. The number of hydrogen-bond donors (Lipinski definition) is 2. The van der Waals surface area contributed by atoms with Gasteiger partial charge in [0.05, 0.1) is 12.1 Å². The van der Waals surface area contributed by atoms with Crippen molar-refractivity contribution >= 4 is 11.6 Å². The van der Waals surface area contributed by atoms with Crippen molar-refractivity contribution in [3.8, 4) is 11.5 Å². The maximum absolute atomic E-state index is 9.79. The number of aromatic hydroxyl groups is 1. The average molecular weight is 256 g/mol. The quantitative estimate of drug-likeness (QED) is 0.854. The molecular formula is C13H18ClNO2. The van der Waals surface area contributed by atoms with E-state index in [1.807, 2.05) is 6.92 Å². The van der Waals surface area contributed by atoms with Crippen LogP contribution < -0.4 is 10.1 Å². The third kappa shape index (κ3) is 1.98. The van der Waals surface area contributed by atoms with Crippen molar-refractivity contribution in [1.29, 1.82) is 0 Å². The number of phenolic OH excluding ortho intramolecular Hbond substituents is 1. The lowest BCUT2D eigenvalue weighted by Gasteiger charge is -2.29. The third-order valence-electron chi connectivity index (χ3n) is 3.52. The molecule has 0 amide bonds. The van der Waals surface area contributed by atoms with Gasteiger partial charge in [0, 0.05) is 5.54 Å². The van der Waals surface area contributed by atoms with Crippen molar-refractivity contribution < 1.29 is 9.84 Å². The van der Waals surface area contributed by atoms with Gasteiger partial charge in [-0.3, -0.25) is 0 Å². The molecule has 0 saturated carbocycles. The van der Waals surface area contributed by atoms with Gasteiger partial charge >= 0.3 is 0 Å². The highest BCUT2D eigenvalue weighted by Crippen LogP contribution is 2.45. The van der Waals surface area contributed by atoms with Crippen molar-refractivity contribution in [2.24, 2.45) is 0 Å². The zero-order chi connectivity index (χ0) is 12.6. The zero-order valence-corrected chi connectivity index (χ0v) is 11.2. The highest BCUT2D eigenvalue weighted by atomic mass is 35.5. The number of ether oxygens (including phenoxy) is 1. The smallest absolute Gasteiger partial charge is 0.179 e. The molecule has 4 heteroatoms. The number of benzene rings is 1. The minimum absolute atomic E-state index is 0.0975. The minimum atomic E-state index is -0.123. The van der Waals surface area contributed by atoms with Gasteiger partial charge in [0.15, 0.2) is 11.5 Å². The summed E-state index contributed by atoms with van der Waals surface area (Å²) in [5.41, 5.74) is 1.90. The number of halogens is 1. The van der Waals surface area contributed by atoms with Crippen LogP contribution in [-0.4, -0.2) is 18.8 Å². The molecule has 1 aliphatic rings. The molecule has 1 saturated heterocycles. The van der Waals surface area contributed by atoms with E-state index in [1.54, 1.807) is 6.07 Å². The van der Waals surface area contributed by atoms with E-state index in [0.29, 0.717) is 10.8 Å². The number of aryl methyl sites for hydroxylation is 1. The van der Waals surface area contributed by atoms with Crippen LogP contribution in [0.4, 0.5) is 0 Å². The van der Waals surface area contributed by atoms with Crippen LogP contribution in [0.2, 0.25) is 5.02 Å². The SMILES string of the molecule is COc1c(O)cc(C)c(C2(C)CCCN2)c1Cl. The Kier molecular flexibility index (Phi) is 3.23. The summed E-state index contributed by atoms with van der Waals surface area (Å²) >= 11 is 6.36. The molecule has 2 N–H and O–H groups in total. The van der Waals surface area contributed by atoms with Gasteiger partial charge in [-0.15, -0.1) is 0 Å². The van der Waals surface area contributed by atoms with Gasteiger partial charge in [-0.25, -0.2) is 0 Å². The van der Waals surface area contributed by atoms with Gasteiger partial charge in [-0.1, -0.05) is 11.6 Å². The van der Waals surface area contributed by atoms with Gasteiger partial charge in [0.1, 0.15) is 0 Å². The lowest BCUT2D eigenvalue weighted by atomic mass is 9.87. The normalized spacial score (nSPS) is 24.0. The maximum atomic E-state index is 9.79.